The fraction of sp³-hybridized carbons (Fsp3) is 0.0833. The van der Waals surface area contributed by atoms with Crippen LogP contribution in [0.25, 0.3) is 66.4 Å². The van der Waals surface area contributed by atoms with Gasteiger partial charge in [0.1, 0.15) is 0 Å². The van der Waals surface area contributed by atoms with Crippen molar-refractivity contribution in [2.24, 2.45) is 0 Å². The Balaban J connectivity index is 0.000000155. The van der Waals surface area contributed by atoms with Gasteiger partial charge in [-0.3, -0.25) is 17.6 Å². The number of pyridine rings is 4. The number of halogens is 4. The summed E-state index contributed by atoms with van der Waals surface area (Å²) in [5.74, 6) is -0.692. The van der Waals surface area contributed by atoms with Gasteiger partial charge < -0.3 is 39.7 Å². The quantitative estimate of drug-likeness (QED) is 0.127. The molecule has 0 unspecified atom stereocenters. The normalized spacial score (nSPS) is 10.3. The first-order valence-electron chi connectivity index (χ1n) is 18.6. The summed E-state index contributed by atoms with van der Waals surface area (Å²) in [6, 6.07) is 43.6. The summed E-state index contributed by atoms with van der Waals surface area (Å²) in [5, 5.41) is 4.60. The van der Waals surface area contributed by atoms with Crippen LogP contribution in [0.2, 0.25) is 0 Å². The summed E-state index contributed by atoms with van der Waals surface area (Å²) in [7, 11) is 7.93. The van der Waals surface area contributed by atoms with Crippen LogP contribution in [0.4, 0.5) is 29.2 Å². The average Bonchev–Trinajstić information content (AvgIpc) is 3.83. The minimum atomic E-state index is -0.649. The molecule has 4 aromatic carbocycles. The van der Waals surface area contributed by atoms with Gasteiger partial charge in [-0.05, 0) is 79.5 Å². The van der Waals surface area contributed by atoms with Gasteiger partial charge >= 0.3 is 42.1 Å². The summed E-state index contributed by atoms with van der Waals surface area (Å²) >= 11 is 0. The molecule has 0 fully saturated rings. The molecule has 0 bridgehead atoms. The number of nitrogens with zero attached hydrogens (tertiary/aromatic N) is 8. The van der Waals surface area contributed by atoms with E-state index in [4.69, 9.17) is 0 Å². The van der Waals surface area contributed by atoms with Gasteiger partial charge in [0, 0.05) is 75.5 Å². The van der Waals surface area contributed by atoms with E-state index in [9.17, 15) is 17.6 Å². The van der Waals surface area contributed by atoms with Crippen molar-refractivity contribution in [1.29, 1.82) is 0 Å². The SMILES string of the molecule is CN(C)c1ccc2c(n1)[n-]c1ccccc12.CN(C)c1ccc2c(n1)[n-]c1ccccc12.Fc1c[c-]c(-c2ccccn2)c(F)c1.Fc1c[c-]c(-c2ccccn2)c(F)c1.[Pt+2].[Pt+2]. The summed E-state index contributed by atoms with van der Waals surface area (Å²) in [6.45, 7) is 0. The number of fused-ring (bicyclic) bond motifs is 6. The zero-order chi connectivity index (χ0) is 42.2. The smallest absolute Gasteiger partial charge is 0.435 e. The van der Waals surface area contributed by atoms with Crippen LogP contribution in [-0.4, -0.2) is 48.1 Å². The third kappa shape index (κ3) is 11.2. The van der Waals surface area contributed by atoms with E-state index in [2.05, 4.69) is 66.3 Å². The first-order valence-corrected chi connectivity index (χ1v) is 18.6. The fourth-order valence-electron chi connectivity index (χ4n) is 6.10. The monoisotopic (exact) mass is 1190 g/mol. The van der Waals surface area contributed by atoms with E-state index in [0.29, 0.717) is 11.4 Å². The molecule has 0 saturated carbocycles. The van der Waals surface area contributed by atoms with Gasteiger partial charge in [0.2, 0.25) is 0 Å². The minimum Gasteiger partial charge on any atom is -0.435 e. The molecule has 0 saturated heterocycles. The number of para-hydroxylation sites is 2. The van der Waals surface area contributed by atoms with Gasteiger partial charge in [0.05, 0.1) is 0 Å². The maximum absolute atomic E-state index is 13.2. The van der Waals surface area contributed by atoms with Crippen molar-refractivity contribution in [3.05, 3.63) is 181 Å². The Hall–Kier alpha value is -6.22. The van der Waals surface area contributed by atoms with Gasteiger partial charge in [0.25, 0.3) is 0 Å². The second kappa shape index (κ2) is 21.5. The Bertz CT molecular complexity index is 2810. The zero-order valence-corrected chi connectivity index (χ0v) is 38.1. The van der Waals surface area contributed by atoms with Crippen molar-refractivity contribution in [1.82, 2.24) is 29.9 Å². The van der Waals surface area contributed by atoms with Gasteiger partial charge in [-0.15, -0.1) is 24.3 Å². The Labute approximate surface area is 384 Å². The Kier molecular flexibility index (Phi) is 16.3. The maximum Gasteiger partial charge on any atom is 2.00 e. The molecule has 0 radical (unpaired) electrons. The average molecular weight is 1190 g/mol. The molecule has 6 aromatic heterocycles. The molecule has 0 amide bonds. The fourth-order valence-corrected chi connectivity index (χ4v) is 6.10. The molecule has 0 aliphatic heterocycles. The molecule has 0 spiro atoms. The van der Waals surface area contributed by atoms with Gasteiger partial charge in [0.15, 0.2) is 0 Å². The Morgan fingerprint density at radius 3 is 1.21 bits per heavy atom. The number of aromatic nitrogens is 6. The van der Waals surface area contributed by atoms with Crippen LogP contribution in [0.15, 0.2) is 146 Å². The number of benzene rings is 4. The van der Waals surface area contributed by atoms with E-state index < -0.39 is 23.3 Å². The number of anilines is 2. The largest absolute Gasteiger partial charge is 2.00 e. The zero-order valence-electron chi connectivity index (χ0n) is 33.6. The van der Waals surface area contributed by atoms with Crippen molar-refractivity contribution >= 4 is 55.5 Å². The second-order valence-electron chi connectivity index (χ2n) is 13.6. The second-order valence-corrected chi connectivity index (χ2v) is 13.6. The van der Waals surface area contributed by atoms with Crippen molar-refractivity contribution in [3.63, 3.8) is 0 Å². The summed E-state index contributed by atoms with van der Waals surface area (Å²) in [6.07, 6.45) is 3.10. The standard InChI is InChI=1S/2C13H12N3.2C11H6F2N.2Pt/c2*1-16(2)12-8-7-10-9-5-3-4-6-11(9)14-13(10)15-12;2*12-8-4-5-9(10(13)7-8)11-3-1-2-6-14-11;;/h2*3-8H,1-2H3;2*1-4,6-7H;;/q4*-1;2*+2. The van der Waals surface area contributed by atoms with Crippen LogP contribution >= 0.6 is 0 Å². The predicted octanol–water partition coefficient (Wildman–Crippen LogP) is 10.5. The molecule has 0 N–H and O–H groups in total. The molecule has 0 aliphatic rings. The van der Waals surface area contributed by atoms with E-state index in [1.807, 2.05) is 86.5 Å². The van der Waals surface area contributed by atoms with E-state index in [1.165, 1.54) is 10.8 Å². The maximum atomic E-state index is 13.2. The van der Waals surface area contributed by atoms with Crippen molar-refractivity contribution in [2.75, 3.05) is 38.0 Å². The third-order valence-corrected chi connectivity index (χ3v) is 9.04. The molecule has 0 atom stereocenters. The molecular formula is C48H36F4N8Pt2. The number of hydrogen-bond acceptors (Lipinski definition) is 6. The van der Waals surface area contributed by atoms with Gasteiger partial charge in [-0.2, -0.15) is 0 Å². The molecule has 62 heavy (non-hydrogen) atoms. The van der Waals surface area contributed by atoms with Gasteiger partial charge in [-0.1, -0.05) is 108 Å². The topological polar surface area (TPSA) is 86.2 Å². The van der Waals surface area contributed by atoms with Crippen LogP contribution in [0.5, 0.6) is 0 Å². The molecule has 10 rings (SSSR count). The molecule has 6 heterocycles. The van der Waals surface area contributed by atoms with Crippen molar-refractivity contribution < 1.29 is 59.7 Å². The number of rotatable bonds is 4. The Morgan fingerprint density at radius 2 is 0.855 bits per heavy atom. The molecule has 0 aliphatic carbocycles. The summed E-state index contributed by atoms with van der Waals surface area (Å²) < 4.78 is 51.6. The molecule has 316 valence electrons. The molecular weight excluding hydrogens is 1150 g/mol. The van der Waals surface area contributed by atoms with Crippen LogP contribution in [0.1, 0.15) is 0 Å². The van der Waals surface area contributed by atoms with Crippen LogP contribution in [0, 0.1) is 35.4 Å². The summed E-state index contributed by atoms with van der Waals surface area (Å²) in [4.78, 5) is 30.0. The van der Waals surface area contributed by atoms with Crippen LogP contribution in [-0.2, 0) is 42.1 Å². The van der Waals surface area contributed by atoms with Gasteiger partial charge in [-0.25, -0.2) is 0 Å². The molecule has 8 nitrogen and oxygen atoms in total. The molecule has 14 heteroatoms. The summed E-state index contributed by atoms with van der Waals surface area (Å²) in [5.41, 5.74) is 4.95. The van der Waals surface area contributed by atoms with E-state index in [0.717, 1.165) is 69.0 Å². The van der Waals surface area contributed by atoms with Crippen LogP contribution in [0.3, 0.4) is 0 Å². The van der Waals surface area contributed by atoms with E-state index in [1.54, 1.807) is 48.8 Å². The van der Waals surface area contributed by atoms with Crippen molar-refractivity contribution in [2.45, 2.75) is 0 Å². The first kappa shape index (κ1) is 46.8. The number of hydrogen-bond donors (Lipinski definition) is 0. The Morgan fingerprint density at radius 1 is 0.468 bits per heavy atom. The van der Waals surface area contributed by atoms with E-state index >= 15 is 0 Å². The van der Waals surface area contributed by atoms with Crippen molar-refractivity contribution in [3.8, 4) is 22.5 Å². The van der Waals surface area contributed by atoms with E-state index in [-0.39, 0.29) is 53.3 Å². The molecule has 10 aromatic rings. The first-order chi connectivity index (χ1) is 29.0. The van der Waals surface area contributed by atoms with Crippen LogP contribution < -0.4 is 19.8 Å². The predicted molar refractivity (Wildman–Crippen MR) is 231 cm³/mol. The minimum absolute atomic E-state index is 0. The third-order valence-electron chi connectivity index (χ3n) is 9.04.